The summed E-state index contributed by atoms with van der Waals surface area (Å²) in [6.07, 6.45) is 15.6. The van der Waals surface area contributed by atoms with Gasteiger partial charge in [0.15, 0.2) is 0 Å². The second-order valence-corrected chi connectivity index (χ2v) is 15.4. The summed E-state index contributed by atoms with van der Waals surface area (Å²) in [4.78, 5) is 0. The third-order valence-electron chi connectivity index (χ3n) is 7.52. The lowest BCUT2D eigenvalue weighted by Crippen LogP contribution is -2.41. The molecule has 1 unspecified atom stereocenters. The van der Waals surface area contributed by atoms with Gasteiger partial charge in [0.05, 0.1) is 21.3 Å². The first-order valence-corrected chi connectivity index (χ1v) is 16.1. The molecule has 2 aliphatic rings. The van der Waals surface area contributed by atoms with E-state index < -0.39 is 8.07 Å². The summed E-state index contributed by atoms with van der Waals surface area (Å²) in [5, 5.41) is 1.64. The average Bonchev–Trinajstić information content (AvgIpc) is 3.58. The SMILES string of the molecule is CCCCCC1CCC(c2ccc([Si](C)(C)CCCCCOCC3CO3)cc2)CC1. The zero-order valence-corrected chi connectivity index (χ0v) is 21.0. The number of benzene rings is 1. The van der Waals surface area contributed by atoms with Gasteiger partial charge in [0, 0.05) is 6.61 Å². The lowest BCUT2D eigenvalue weighted by atomic mass is 9.77. The summed E-state index contributed by atoms with van der Waals surface area (Å²) < 4.78 is 10.8. The van der Waals surface area contributed by atoms with Gasteiger partial charge < -0.3 is 9.47 Å². The van der Waals surface area contributed by atoms with Crippen molar-refractivity contribution in [1.82, 2.24) is 0 Å². The fourth-order valence-corrected chi connectivity index (χ4v) is 7.64. The van der Waals surface area contributed by atoms with Crippen LogP contribution in [0.1, 0.15) is 89.0 Å². The van der Waals surface area contributed by atoms with Crippen LogP contribution in [0.5, 0.6) is 0 Å². The molecule has 1 saturated heterocycles. The van der Waals surface area contributed by atoms with E-state index in [2.05, 4.69) is 44.3 Å². The molecular weight excluding hydrogens is 384 g/mol. The van der Waals surface area contributed by atoms with E-state index in [0.717, 1.165) is 31.7 Å². The smallest absolute Gasteiger partial charge is 0.104 e. The van der Waals surface area contributed by atoms with E-state index in [1.807, 2.05) is 0 Å². The van der Waals surface area contributed by atoms with Gasteiger partial charge >= 0.3 is 0 Å². The van der Waals surface area contributed by atoms with E-state index in [4.69, 9.17) is 9.47 Å². The van der Waals surface area contributed by atoms with Gasteiger partial charge in [-0.3, -0.25) is 0 Å². The highest BCUT2D eigenvalue weighted by Crippen LogP contribution is 2.37. The molecule has 1 aromatic rings. The standard InChI is InChI=1S/C27H46O2Si/c1-4-5-7-10-23-11-13-24(14-12-23)25-15-17-27(18-16-25)30(2,3)20-9-6-8-19-28-21-26-22-29-26/h15-18,23-24,26H,4-14,19-22H2,1-3H3. The number of unbranched alkanes of at least 4 members (excludes halogenated alkanes) is 4. The molecule has 1 atom stereocenters. The summed E-state index contributed by atoms with van der Waals surface area (Å²) in [6, 6.07) is 11.3. The van der Waals surface area contributed by atoms with Crippen LogP contribution in [0.25, 0.3) is 0 Å². The van der Waals surface area contributed by atoms with E-state index >= 15 is 0 Å². The molecule has 1 aliphatic carbocycles. The van der Waals surface area contributed by atoms with Crippen molar-refractivity contribution in [1.29, 1.82) is 0 Å². The molecular formula is C27H46O2Si. The highest BCUT2D eigenvalue weighted by Gasteiger charge is 2.25. The molecule has 170 valence electrons. The highest BCUT2D eigenvalue weighted by molar-refractivity contribution is 6.89. The van der Waals surface area contributed by atoms with Crippen LogP contribution >= 0.6 is 0 Å². The quantitative estimate of drug-likeness (QED) is 0.179. The Morgan fingerprint density at radius 3 is 2.33 bits per heavy atom. The molecule has 0 aromatic heterocycles. The summed E-state index contributed by atoms with van der Waals surface area (Å²) in [5.41, 5.74) is 1.60. The van der Waals surface area contributed by atoms with E-state index in [1.54, 1.807) is 10.8 Å². The Morgan fingerprint density at radius 2 is 1.67 bits per heavy atom. The maximum Gasteiger partial charge on any atom is 0.104 e. The molecule has 0 radical (unpaired) electrons. The van der Waals surface area contributed by atoms with Crippen molar-refractivity contribution in [2.45, 2.75) is 109 Å². The molecule has 2 nitrogen and oxygen atoms in total. The van der Waals surface area contributed by atoms with Crippen molar-refractivity contribution in [3.05, 3.63) is 29.8 Å². The van der Waals surface area contributed by atoms with Gasteiger partial charge in [0.1, 0.15) is 6.10 Å². The first-order chi connectivity index (χ1) is 14.6. The van der Waals surface area contributed by atoms with Crippen LogP contribution in [-0.4, -0.2) is 34.0 Å². The number of hydrogen-bond donors (Lipinski definition) is 0. The Balaban J connectivity index is 1.35. The van der Waals surface area contributed by atoms with E-state index in [0.29, 0.717) is 6.10 Å². The molecule has 1 saturated carbocycles. The van der Waals surface area contributed by atoms with Crippen molar-refractivity contribution in [3.63, 3.8) is 0 Å². The third kappa shape index (κ3) is 8.13. The predicted octanol–water partition coefficient (Wildman–Crippen LogP) is 7.04. The molecule has 0 N–H and O–H groups in total. The Labute approximate surface area is 187 Å². The van der Waals surface area contributed by atoms with Crippen molar-refractivity contribution in [2.75, 3.05) is 19.8 Å². The zero-order valence-electron chi connectivity index (χ0n) is 20.0. The zero-order chi connectivity index (χ0) is 21.2. The molecule has 0 spiro atoms. The van der Waals surface area contributed by atoms with Crippen LogP contribution in [-0.2, 0) is 9.47 Å². The number of hydrogen-bond acceptors (Lipinski definition) is 2. The van der Waals surface area contributed by atoms with Crippen molar-refractivity contribution in [3.8, 4) is 0 Å². The normalized spacial score (nSPS) is 24.2. The second-order valence-electron chi connectivity index (χ2n) is 10.6. The van der Waals surface area contributed by atoms with Crippen LogP contribution in [0.4, 0.5) is 0 Å². The molecule has 1 heterocycles. The van der Waals surface area contributed by atoms with Gasteiger partial charge in [0.25, 0.3) is 0 Å². The van der Waals surface area contributed by atoms with Gasteiger partial charge in [-0.2, -0.15) is 0 Å². The maximum absolute atomic E-state index is 5.66. The molecule has 2 fully saturated rings. The highest BCUT2D eigenvalue weighted by atomic mass is 28.3. The van der Waals surface area contributed by atoms with Crippen LogP contribution in [0.2, 0.25) is 19.1 Å². The van der Waals surface area contributed by atoms with Crippen LogP contribution < -0.4 is 5.19 Å². The summed E-state index contributed by atoms with van der Waals surface area (Å²) in [5.74, 6) is 1.82. The van der Waals surface area contributed by atoms with Crippen molar-refractivity contribution in [2.24, 2.45) is 5.92 Å². The molecule has 1 aromatic carbocycles. The largest absolute Gasteiger partial charge is 0.379 e. The molecule has 3 heteroatoms. The minimum absolute atomic E-state index is 0.403. The van der Waals surface area contributed by atoms with Gasteiger partial charge in [-0.15, -0.1) is 0 Å². The van der Waals surface area contributed by atoms with E-state index in [9.17, 15) is 0 Å². The average molecular weight is 431 g/mol. The Hall–Kier alpha value is -0.643. The Kier molecular flexibility index (Phi) is 9.93. The lowest BCUT2D eigenvalue weighted by Gasteiger charge is -2.29. The first kappa shape index (κ1) is 24.0. The lowest BCUT2D eigenvalue weighted by molar-refractivity contribution is 0.113. The molecule has 3 rings (SSSR count). The summed E-state index contributed by atoms with van der Waals surface area (Å²) in [7, 11) is -1.32. The molecule has 1 aliphatic heterocycles. The van der Waals surface area contributed by atoms with Gasteiger partial charge in [0.2, 0.25) is 0 Å². The third-order valence-corrected chi connectivity index (χ3v) is 11.0. The van der Waals surface area contributed by atoms with Crippen LogP contribution in [0.15, 0.2) is 24.3 Å². The van der Waals surface area contributed by atoms with E-state index in [-0.39, 0.29) is 0 Å². The maximum atomic E-state index is 5.66. The topological polar surface area (TPSA) is 21.8 Å². The molecule has 30 heavy (non-hydrogen) atoms. The first-order valence-electron chi connectivity index (χ1n) is 12.9. The van der Waals surface area contributed by atoms with Crippen molar-refractivity contribution >= 4 is 13.3 Å². The fourth-order valence-electron chi connectivity index (χ4n) is 5.15. The Morgan fingerprint density at radius 1 is 0.933 bits per heavy atom. The summed E-state index contributed by atoms with van der Waals surface area (Å²) >= 11 is 0. The summed E-state index contributed by atoms with van der Waals surface area (Å²) in [6.45, 7) is 10.0. The monoisotopic (exact) mass is 430 g/mol. The van der Waals surface area contributed by atoms with Gasteiger partial charge in [-0.25, -0.2) is 0 Å². The predicted molar refractivity (Wildman–Crippen MR) is 132 cm³/mol. The second kappa shape index (κ2) is 12.4. The number of rotatable bonds is 14. The Bertz CT molecular complexity index is 585. The van der Waals surface area contributed by atoms with Crippen molar-refractivity contribution < 1.29 is 9.47 Å². The van der Waals surface area contributed by atoms with Gasteiger partial charge in [-0.05, 0) is 49.5 Å². The molecule has 0 amide bonds. The minimum Gasteiger partial charge on any atom is -0.379 e. The van der Waals surface area contributed by atoms with Crippen LogP contribution in [0.3, 0.4) is 0 Å². The minimum atomic E-state index is -1.32. The number of epoxide rings is 1. The molecule has 0 bridgehead atoms. The van der Waals surface area contributed by atoms with Gasteiger partial charge in [-0.1, -0.05) is 94.0 Å². The number of ether oxygens (including phenoxy) is 2. The fraction of sp³-hybridized carbons (Fsp3) is 0.778. The van der Waals surface area contributed by atoms with E-state index in [1.165, 1.54) is 76.7 Å². The van der Waals surface area contributed by atoms with Crippen LogP contribution in [0, 0.1) is 5.92 Å².